The van der Waals surface area contributed by atoms with Gasteiger partial charge in [-0.3, -0.25) is 0 Å². The first-order valence-electron chi connectivity index (χ1n) is 41.1. The highest BCUT2D eigenvalue weighted by Gasteiger charge is 2.35. The summed E-state index contributed by atoms with van der Waals surface area (Å²) in [6.45, 7) is 4.67. The molecule has 18 aromatic carbocycles. The molecule has 0 amide bonds. The summed E-state index contributed by atoms with van der Waals surface area (Å²) in [7, 11) is 6.38. The predicted molar refractivity (Wildman–Crippen MR) is 512 cm³/mol. The molecule has 0 heterocycles. The summed E-state index contributed by atoms with van der Waals surface area (Å²) < 4.78 is 0. The molecular formula is C114H94N6. The predicted octanol–water partition coefficient (Wildman–Crippen LogP) is 31.4. The van der Waals surface area contributed by atoms with E-state index < -0.39 is 0 Å². The molecule has 0 radical (unpaired) electrons. The lowest BCUT2D eigenvalue weighted by Crippen LogP contribution is -2.16. The lowest BCUT2D eigenvalue weighted by atomic mass is 9.82. The number of benzene rings is 18. The van der Waals surface area contributed by atoms with Crippen molar-refractivity contribution in [2.45, 2.75) is 19.3 Å². The van der Waals surface area contributed by atoms with Crippen LogP contribution in [0.1, 0.15) is 25.0 Å². The van der Waals surface area contributed by atoms with Crippen LogP contribution in [0.3, 0.4) is 0 Å². The summed E-state index contributed by atoms with van der Waals surface area (Å²) in [5.74, 6) is 0. The Morgan fingerprint density at radius 1 is 0.142 bits per heavy atom. The van der Waals surface area contributed by atoms with Crippen molar-refractivity contribution in [1.29, 1.82) is 0 Å². The third-order valence-electron chi connectivity index (χ3n) is 22.9. The molecular weight excluding hydrogens is 1450 g/mol. The number of hydrogen-bond donors (Lipinski definition) is 0. The zero-order valence-electron chi connectivity index (χ0n) is 68.3. The van der Waals surface area contributed by atoms with E-state index in [9.17, 15) is 0 Å². The quantitative estimate of drug-likeness (QED) is 0.0752. The van der Waals surface area contributed by atoms with E-state index in [-0.39, 0.29) is 5.41 Å². The normalized spacial score (nSPS) is 11.4. The molecule has 19 rings (SSSR count). The van der Waals surface area contributed by atoms with Gasteiger partial charge in [-0.05, 0) is 260 Å². The Hall–Kier alpha value is -15.2. The van der Waals surface area contributed by atoms with Crippen LogP contribution in [0.5, 0.6) is 0 Å². The molecule has 0 unspecified atom stereocenters. The van der Waals surface area contributed by atoms with E-state index in [0.717, 1.165) is 73.9 Å². The van der Waals surface area contributed by atoms with Gasteiger partial charge in [0, 0.05) is 112 Å². The second-order valence-electron chi connectivity index (χ2n) is 30.7. The van der Waals surface area contributed by atoms with E-state index in [1.165, 1.54) is 89.3 Å². The van der Waals surface area contributed by atoms with E-state index >= 15 is 0 Å². The van der Waals surface area contributed by atoms with Gasteiger partial charge >= 0.3 is 0 Å². The number of para-hydroxylation sites is 5. The van der Waals surface area contributed by atoms with E-state index in [1.54, 1.807) is 0 Å². The number of rotatable bonds is 20. The molecule has 580 valence electrons. The van der Waals surface area contributed by atoms with Gasteiger partial charge in [0.05, 0.1) is 0 Å². The van der Waals surface area contributed by atoms with Crippen LogP contribution in [-0.2, 0) is 5.41 Å². The number of fused-ring (bicyclic) bond motifs is 3. The highest BCUT2D eigenvalue weighted by Crippen LogP contribution is 2.50. The van der Waals surface area contributed by atoms with Gasteiger partial charge in [0.25, 0.3) is 0 Å². The second-order valence-corrected chi connectivity index (χ2v) is 30.7. The van der Waals surface area contributed by atoms with E-state index in [2.05, 4.69) is 532 Å². The van der Waals surface area contributed by atoms with Crippen molar-refractivity contribution < 1.29 is 0 Å². The second kappa shape index (κ2) is 35.9. The fourth-order valence-corrected chi connectivity index (χ4v) is 16.2. The molecule has 18 aromatic rings. The zero-order valence-corrected chi connectivity index (χ0v) is 68.3. The maximum Gasteiger partial charge on any atom is 0.0463 e. The summed E-state index contributed by atoms with van der Waals surface area (Å²) in [6.07, 6.45) is 0. The Morgan fingerprint density at radius 2 is 0.308 bits per heavy atom. The third-order valence-corrected chi connectivity index (χ3v) is 22.9. The van der Waals surface area contributed by atoms with E-state index in [1.807, 2.05) is 12.1 Å². The van der Waals surface area contributed by atoms with Crippen LogP contribution >= 0.6 is 0 Å². The summed E-state index contributed by atoms with van der Waals surface area (Å²) >= 11 is 0. The Morgan fingerprint density at radius 3 is 0.567 bits per heavy atom. The van der Waals surface area contributed by atoms with E-state index in [4.69, 9.17) is 0 Å². The van der Waals surface area contributed by atoms with Crippen LogP contribution in [-0.4, -0.2) is 21.1 Å². The molecule has 0 aliphatic heterocycles. The summed E-state index contributed by atoms with van der Waals surface area (Å²) in [4.78, 5) is 13.6. The van der Waals surface area contributed by atoms with E-state index in [0.29, 0.717) is 0 Å². The lowest BCUT2D eigenvalue weighted by molar-refractivity contribution is 0.660. The van der Waals surface area contributed by atoms with Crippen LogP contribution in [0.25, 0.3) is 66.8 Å². The molecule has 0 N–H and O–H groups in total. The van der Waals surface area contributed by atoms with Gasteiger partial charge in [0.15, 0.2) is 0 Å². The van der Waals surface area contributed by atoms with Crippen LogP contribution in [0.2, 0.25) is 0 Å². The minimum absolute atomic E-state index is 0.00457. The monoisotopic (exact) mass is 1550 g/mol. The Kier molecular flexibility index (Phi) is 23.1. The molecule has 0 spiro atoms. The van der Waals surface area contributed by atoms with Crippen LogP contribution in [0.15, 0.2) is 479 Å². The standard InChI is InChI=1S/C40H34N2.2C37H30N2/c1-40(2)38-17-11-10-16-36(38)37-27-26-35(28-39(37)40)41(3)31-22-18-29(19-23-31)30-20-24-34(25-21-30)42(32-12-6-4-7-13-32)33-14-8-5-9-15-33;1-38(33-23-17-30(18-24-33)29-11-5-2-6-12-29)34-25-19-31(20-26-34)32-21-27-37(28-22-32)39(35-13-7-3-8-14-35)36-15-9-4-10-16-36;1-38(33-21-17-31(18-22-33)29-11-5-2-6-12-29)34-25-27-37(28-26-34)39(35-15-9-4-10-16-35)36-23-19-32(20-24-36)30-13-7-3-8-14-30/h4-28H,1-3H3;2*2-28H,1H3. The molecule has 0 bridgehead atoms. The van der Waals surface area contributed by atoms with Crippen molar-refractivity contribution in [2.75, 3.05) is 50.5 Å². The zero-order chi connectivity index (χ0) is 81.6. The highest BCUT2D eigenvalue weighted by molar-refractivity contribution is 5.86. The van der Waals surface area contributed by atoms with Gasteiger partial charge in [-0.25, -0.2) is 0 Å². The number of nitrogens with zero attached hydrogens (tertiary/aromatic N) is 6. The van der Waals surface area contributed by atoms with Crippen molar-refractivity contribution in [1.82, 2.24) is 0 Å². The molecule has 6 heteroatoms. The molecule has 120 heavy (non-hydrogen) atoms. The van der Waals surface area contributed by atoms with Gasteiger partial charge in [-0.1, -0.05) is 311 Å². The molecule has 1 aliphatic carbocycles. The van der Waals surface area contributed by atoms with Crippen molar-refractivity contribution in [3.63, 3.8) is 0 Å². The minimum Gasteiger partial charge on any atom is -0.345 e. The SMILES string of the molecule is CN(c1ccc(-c2ccc(N(c3ccccc3)c3ccccc3)cc2)cc1)c1ccc2c(c1)C(C)(C)c1ccccc1-2.CN(c1ccc(-c2ccccc2)cc1)c1ccc(-c2ccc(N(c3ccccc3)c3ccccc3)cc2)cc1.CN(c1ccc(-c2ccccc2)cc1)c1ccc(N(c2ccccc2)c2ccc(-c3ccccc3)cc2)cc1. The summed E-state index contributed by atoms with van der Waals surface area (Å²) in [5, 5.41) is 0. The molecule has 0 fully saturated rings. The fourth-order valence-electron chi connectivity index (χ4n) is 16.2. The third kappa shape index (κ3) is 17.2. The molecule has 0 aromatic heterocycles. The highest BCUT2D eigenvalue weighted by atomic mass is 15.2. The van der Waals surface area contributed by atoms with Crippen LogP contribution in [0.4, 0.5) is 85.3 Å². The molecule has 0 atom stereocenters. The van der Waals surface area contributed by atoms with Crippen molar-refractivity contribution in [2.24, 2.45) is 0 Å². The van der Waals surface area contributed by atoms with Gasteiger partial charge < -0.3 is 29.4 Å². The van der Waals surface area contributed by atoms with Crippen molar-refractivity contribution in [3.8, 4) is 66.8 Å². The van der Waals surface area contributed by atoms with Gasteiger partial charge in [0.2, 0.25) is 0 Å². The van der Waals surface area contributed by atoms with Gasteiger partial charge in [0.1, 0.15) is 0 Å². The molecule has 0 saturated heterocycles. The molecule has 1 aliphatic rings. The lowest BCUT2D eigenvalue weighted by Gasteiger charge is -2.27. The van der Waals surface area contributed by atoms with Crippen molar-refractivity contribution >= 4 is 85.3 Å². The largest absolute Gasteiger partial charge is 0.345 e. The maximum atomic E-state index is 2.37. The Balaban J connectivity index is 0.000000129. The first-order valence-corrected chi connectivity index (χ1v) is 41.1. The molecule has 6 nitrogen and oxygen atoms in total. The average Bonchev–Trinajstić information content (AvgIpc) is 1.58. The number of hydrogen-bond acceptors (Lipinski definition) is 6. The number of anilines is 15. The Bertz CT molecular complexity index is 6230. The Labute approximate surface area is 707 Å². The van der Waals surface area contributed by atoms with Gasteiger partial charge in [-0.2, -0.15) is 0 Å². The summed E-state index contributed by atoms with van der Waals surface area (Å²) in [5.41, 5.74) is 34.8. The first-order chi connectivity index (χ1) is 59.0. The minimum atomic E-state index is -0.00457. The summed E-state index contributed by atoms with van der Waals surface area (Å²) in [6, 6.07) is 170. The fraction of sp³-hybridized carbons (Fsp3) is 0.0526. The maximum absolute atomic E-state index is 2.37. The van der Waals surface area contributed by atoms with Gasteiger partial charge in [-0.15, -0.1) is 0 Å². The topological polar surface area (TPSA) is 19.4 Å². The average molecular weight is 1550 g/mol. The van der Waals surface area contributed by atoms with Crippen LogP contribution < -0.4 is 29.4 Å². The van der Waals surface area contributed by atoms with Crippen molar-refractivity contribution in [3.05, 3.63) is 490 Å². The smallest absolute Gasteiger partial charge is 0.0463 e. The first kappa shape index (κ1) is 77.3. The molecule has 0 saturated carbocycles. The van der Waals surface area contributed by atoms with Crippen LogP contribution in [0, 0.1) is 0 Å².